The van der Waals surface area contributed by atoms with Crippen LogP contribution in [0.2, 0.25) is 0 Å². The van der Waals surface area contributed by atoms with Gasteiger partial charge in [0.15, 0.2) is 5.78 Å². The molecule has 1 aromatic carbocycles. The number of carbonyl (C=O) groups excluding carboxylic acids is 3. The molecule has 0 aliphatic rings. The summed E-state index contributed by atoms with van der Waals surface area (Å²) < 4.78 is 9.42. The van der Waals surface area contributed by atoms with E-state index in [-0.39, 0.29) is 53.8 Å². The molecule has 0 fully saturated rings. The van der Waals surface area contributed by atoms with Crippen molar-refractivity contribution in [1.29, 1.82) is 0 Å². The smallest absolute Gasteiger partial charge is 0.310 e. The van der Waals surface area contributed by atoms with Crippen LogP contribution in [0.25, 0.3) is 0 Å². The number of esters is 2. The molecule has 144 valence electrons. The second-order valence-electron chi connectivity index (χ2n) is 5.89. The second kappa shape index (κ2) is 11.1. The molecule has 0 aliphatic carbocycles. The summed E-state index contributed by atoms with van der Waals surface area (Å²) in [5.41, 5.74) is 0.294. The minimum Gasteiger partial charge on any atom is -0.508 e. The molecule has 7 heteroatoms. The van der Waals surface area contributed by atoms with Crippen molar-refractivity contribution in [2.75, 3.05) is 13.7 Å². The molecule has 0 spiro atoms. The van der Waals surface area contributed by atoms with Crippen molar-refractivity contribution < 1.29 is 34.1 Å². The Morgan fingerprint density at radius 1 is 0.962 bits per heavy atom. The lowest BCUT2D eigenvalue weighted by Gasteiger charge is -2.11. The summed E-state index contributed by atoms with van der Waals surface area (Å²) in [5.74, 6) is -1.65. The number of benzene rings is 1. The zero-order chi connectivity index (χ0) is 19.5. The predicted molar refractivity (Wildman–Crippen MR) is 94.2 cm³/mol. The molecular formula is C19H26O7. The maximum Gasteiger partial charge on any atom is 0.310 e. The standard InChI is InChI=1S/C19H26O7/c1-3-26-18(24)11-13-10-14(20)12-16(22)19(13)15(21)8-6-4-5-7-9-17(23)25-2/h10,12,20,22H,3-9,11H2,1-2H3. The van der Waals surface area contributed by atoms with E-state index in [1.165, 1.54) is 13.2 Å². The second-order valence-corrected chi connectivity index (χ2v) is 5.89. The zero-order valence-electron chi connectivity index (χ0n) is 15.2. The van der Waals surface area contributed by atoms with Crippen molar-refractivity contribution in [2.24, 2.45) is 0 Å². The van der Waals surface area contributed by atoms with Crippen LogP contribution in [0.15, 0.2) is 12.1 Å². The normalized spacial score (nSPS) is 10.4. The molecule has 0 heterocycles. The van der Waals surface area contributed by atoms with Crippen LogP contribution < -0.4 is 0 Å². The summed E-state index contributed by atoms with van der Waals surface area (Å²) in [7, 11) is 1.35. The third kappa shape index (κ3) is 7.13. The Labute approximate surface area is 152 Å². The summed E-state index contributed by atoms with van der Waals surface area (Å²) in [5, 5.41) is 19.7. The Balaban J connectivity index is 2.64. The van der Waals surface area contributed by atoms with E-state index in [9.17, 15) is 24.6 Å². The van der Waals surface area contributed by atoms with Crippen LogP contribution in [0.1, 0.15) is 61.4 Å². The highest BCUT2D eigenvalue weighted by molar-refractivity contribution is 6.01. The number of unbranched alkanes of at least 4 members (excludes halogenated alkanes) is 3. The summed E-state index contributed by atoms with van der Waals surface area (Å²) in [6.07, 6.45) is 3.20. The number of hydrogen-bond acceptors (Lipinski definition) is 7. The van der Waals surface area contributed by atoms with Crippen molar-refractivity contribution in [3.8, 4) is 11.5 Å². The van der Waals surface area contributed by atoms with Gasteiger partial charge >= 0.3 is 11.9 Å². The molecule has 0 saturated heterocycles. The van der Waals surface area contributed by atoms with Crippen LogP contribution in [-0.2, 0) is 25.5 Å². The molecule has 0 atom stereocenters. The number of ether oxygens (including phenoxy) is 2. The SMILES string of the molecule is CCOC(=O)Cc1cc(O)cc(O)c1C(=O)CCCCCCC(=O)OC. The summed E-state index contributed by atoms with van der Waals surface area (Å²) in [6, 6.07) is 2.37. The molecule has 0 saturated carbocycles. The van der Waals surface area contributed by atoms with E-state index in [2.05, 4.69) is 4.74 Å². The zero-order valence-corrected chi connectivity index (χ0v) is 15.2. The number of carbonyl (C=O) groups is 3. The first-order valence-electron chi connectivity index (χ1n) is 8.69. The Kier molecular flexibility index (Phi) is 9.19. The number of hydrogen-bond donors (Lipinski definition) is 2. The maximum absolute atomic E-state index is 12.5. The first-order chi connectivity index (χ1) is 12.4. The summed E-state index contributed by atoms with van der Waals surface area (Å²) in [6.45, 7) is 1.88. The quantitative estimate of drug-likeness (QED) is 0.352. The van der Waals surface area contributed by atoms with Gasteiger partial charge in [0.05, 0.1) is 25.7 Å². The van der Waals surface area contributed by atoms with Gasteiger partial charge in [-0.2, -0.15) is 0 Å². The highest BCUT2D eigenvalue weighted by atomic mass is 16.5. The topological polar surface area (TPSA) is 110 Å². The molecule has 0 amide bonds. The van der Waals surface area contributed by atoms with Crippen LogP contribution >= 0.6 is 0 Å². The van der Waals surface area contributed by atoms with Crippen molar-refractivity contribution in [3.05, 3.63) is 23.3 Å². The summed E-state index contributed by atoms with van der Waals surface area (Å²) in [4.78, 5) is 35.2. The Hall–Kier alpha value is -2.57. The number of aromatic hydroxyl groups is 2. The van der Waals surface area contributed by atoms with E-state index < -0.39 is 5.97 Å². The molecule has 0 radical (unpaired) electrons. The first kappa shape index (κ1) is 21.5. The molecule has 0 aromatic heterocycles. The van der Waals surface area contributed by atoms with Crippen molar-refractivity contribution in [2.45, 2.75) is 51.9 Å². The fraction of sp³-hybridized carbons (Fsp3) is 0.526. The van der Waals surface area contributed by atoms with E-state index in [0.717, 1.165) is 18.9 Å². The van der Waals surface area contributed by atoms with E-state index in [1.54, 1.807) is 6.92 Å². The van der Waals surface area contributed by atoms with Gasteiger partial charge in [-0.15, -0.1) is 0 Å². The number of methoxy groups -OCH3 is 1. The molecule has 7 nitrogen and oxygen atoms in total. The lowest BCUT2D eigenvalue weighted by atomic mass is 9.96. The number of phenolic OH excluding ortho intramolecular Hbond substituents is 2. The van der Waals surface area contributed by atoms with E-state index in [1.807, 2.05) is 0 Å². The largest absolute Gasteiger partial charge is 0.508 e. The molecule has 1 aromatic rings. The molecule has 0 bridgehead atoms. The highest BCUT2D eigenvalue weighted by Gasteiger charge is 2.20. The van der Waals surface area contributed by atoms with E-state index in [4.69, 9.17) is 4.74 Å². The van der Waals surface area contributed by atoms with Crippen LogP contribution in [-0.4, -0.2) is 41.7 Å². The van der Waals surface area contributed by atoms with Gasteiger partial charge in [0.1, 0.15) is 11.5 Å². The molecule has 0 unspecified atom stereocenters. The van der Waals surface area contributed by atoms with E-state index >= 15 is 0 Å². The third-order valence-electron chi connectivity index (χ3n) is 3.87. The molecule has 26 heavy (non-hydrogen) atoms. The third-order valence-corrected chi connectivity index (χ3v) is 3.87. The van der Waals surface area contributed by atoms with Gasteiger partial charge in [-0.3, -0.25) is 14.4 Å². The Morgan fingerprint density at radius 3 is 2.23 bits per heavy atom. The van der Waals surface area contributed by atoms with Gasteiger partial charge in [0.2, 0.25) is 0 Å². The monoisotopic (exact) mass is 366 g/mol. The average molecular weight is 366 g/mol. The number of ketones is 1. The fourth-order valence-corrected chi connectivity index (χ4v) is 2.63. The summed E-state index contributed by atoms with van der Waals surface area (Å²) >= 11 is 0. The van der Waals surface area contributed by atoms with Crippen LogP contribution in [0.5, 0.6) is 11.5 Å². The van der Waals surface area contributed by atoms with Gasteiger partial charge in [-0.1, -0.05) is 12.8 Å². The molecular weight excluding hydrogens is 340 g/mol. The maximum atomic E-state index is 12.5. The van der Waals surface area contributed by atoms with E-state index in [0.29, 0.717) is 19.3 Å². The van der Waals surface area contributed by atoms with Crippen LogP contribution in [0, 0.1) is 0 Å². The minimum atomic E-state index is -0.533. The van der Waals surface area contributed by atoms with Gasteiger partial charge in [-0.05, 0) is 31.4 Å². The van der Waals surface area contributed by atoms with Gasteiger partial charge < -0.3 is 19.7 Å². The molecule has 1 rings (SSSR count). The number of rotatable bonds is 11. The first-order valence-corrected chi connectivity index (χ1v) is 8.69. The lowest BCUT2D eigenvalue weighted by Crippen LogP contribution is -2.12. The average Bonchev–Trinajstić information content (AvgIpc) is 2.57. The van der Waals surface area contributed by atoms with Gasteiger partial charge in [0, 0.05) is 18.9 Å². The fourth-order valence-electron chi connectivity index (χ4n) is 2.63. The van der Waals surface area contributed by atoms with Crippen LogP contribution in [0.3, 0.4) is 0 Å². The Bertz CT molecular complexity index is 637. The van der Waals surface area contributed by atoms with Crippen molar-refractivity contribution in [3.63, 3.8) is 0 Å². The number of Topliss-reactive ketones (excluding diaryl/α,β-unsaturated/α-hetero) is 1. The predicted octanol–water partition coefficient (Wildman–Crippen LogP) is 2.90. The number of phenols is 2. The molecule has 2 N–H and O–H groups in total. The lowest BCUT2D eigenvalue weighted by molar-refractivity contribution is -0.142. The van der Waals surface area contributed by atoms with Crippen molar-refractivity contribution in [1.82, 2.24) is 0 Å². The van der Waals surface area contributed by atoms with Crippen molar-refractivity contribution >= 4 is 17.7 Å². The minimum absolute atomic E-state index is 0.0467. The van der Waals surface area contributed by atoms with Gasteiger partial charge in [0.25, 0.3) is 0 Å². The molecule has 0 aliphatic heterocycles. The Morgan fingerprint density at radius 2 is 1.62 bits per heavy atom. The highest BCUT2D eigenvalue weighted by Crippen LogP contribution is 2.29. The van der Waals surface area contributed by atoms with Gasteiger partial charge in [-0.25, -0.2) is 0 Å². The van der Waals surface area contributed by atoms with Crippen LogP contribution in [0.4, 0.5) is 0 Å².